The summed E-state index contributed by atoms with van der Waals surface area (Å²) in [6.45, 7) is 6.01. The van der Waals surface area contributed by atoms with Crippen LogP contribution in [0.4, 0.5) is 5.82 Å². The molecule has 2 aromatic heterocycles. The van der Waals surface area contributed by atoms with E-state index in [4.69, 9.17) is 0 Å². The Morgan fingerprint density at radius 2 is 2.05 bits per heavy atom. The van der Waals surface area contributed by atoms with Crippen molar-refractivity contribution in [2.24, 2.45) is 0 Å². The Morgan fingerprint density at radius 1 is 1.27 bits per heavy atom. The van der Waals surface area contributed by atoms with Gasteiger partial charge in [-0.2, -0.15) is 0 Å². The molecule has 3 rings (SSSR count). The van der Waals surface area contributed by atoms with Gasteiger partial charge < -0.3 is 10.2 Å². The number of rotatable bonds is 4. The molecule has 1 aliphatic heterocycles. The van der Waals surface area contributed by atoms with Gasteiger partial charge in [0, 0.05) is 30.9 Å². The fourth-order valence-electron chi connectivity index (χ4n) is 2.60. The van der Waals surface area contributed by atoms with Crippen molar-refractivity contribution in [2.75, 3.05) is 18.0 Å². The molecular formula is C16H20N4OS. The quantitative estimate of drug-likeness (QED) is 0.942. The average molecular weight is 316 g/mol. The number of pyridine rings is 1. The van der Waals surface area contributed by atoms with Gasteiger partial charge >= 0.3 is 0 Å². The number of nitrogens with one attached hydrogen (secondary N) is 1. The van der Waals surface area contributed by atoms with Crippen LogP contribution in [0, 0.1) is 0 Å². The van der Waals surface area contributed by atoms with Crippen LogP contribution in [-0.4, -0.2) is 29.0 Å². The summed E-state index contributed by atoms with van der Waals surface area (Å²) >= 11 is 1.54. The third-order valence-electron chi connectivity index (χ3n) is 3.83. The lowest BCUT2D eigenvalue weighted by Gasteiger charge is -2.24. The number of nitrogens with zero attached hydrogens (tertiary/aromatic N) is 3. The minimum atomic E-state index is -0.487. The lowest BCUT2D eigenvalue weighted by Crippen LogP contribution is -2.41. The highest BCUT2D eigenvalue weighted by atomic mass is 32.1. The molecule has 0 radical (unpaired) electrons. The second-order valence-electron chi connectivity index (χ2n) is 6.02. The number of hydrogen-bond acceptors (Lipinski definition) is 5. The highest BCUT2D eigenvalue weighted by Crippen LogP contribution is 2.23. The molecule has 0 bridgehead atoms. The Hall–Kier alpha value is -1.95. The number of thiazole rings is 1. The molecule has 0 saturated carbocycles. The van der Waals surface area contributed by atoms with Crippen LogP contribution in [-0.2, 0) is 5.54 Å². The fraction of sp³-hybridized carbons (Fsp3) is 0.438. The highest BCUT2D eigenvalue weighted by Gasteiger charge is 2.26. The highest BCUT2D eigenvalue weighted by molar-refractivity contribution is 7.09. The first-order chi connectivity index (χ1) is 10.6. The van der Waals surface area contributed by atoms with Gasteiger partial charge in [-0.1, -0.05) is 0 Å². The number of anilines is 1. The molecule has 0 spiro atoms. The molecule has 5 nitrogen and oxygen atoms in total. The SMILES string of the molecule is CC(C)(NC(=O)c1ccc(N2CCCC2)nc1)c1nccs1. The Kier molecular flexibility index (Phi) is 4.11. The lowest BCUT2D eigenvalue weighted by atomic mass is 10.1. The molecule has 0 atom stereocenters. The first-order valence-corrected chi connectivity index (χ1v) is 8.38. The summed E-state index contributed by atoms with van der Waals surface area (Å²) < 4.78 is 0. The molecule has 2 aromatic rings. The standard InChI is InChI=1S/C16H20N4OS/c1-16(2,15-17-7-10-22-15)19-14(21)12-5-6-13(18-11-12)20-8-3-4-9-20/h5-7,10-11H,3-4,8-9H2,1-2H3,(H,19,21). The zero-order valence-electron chi connectivity index (χ0n) is 12.9. The summed E-state index contributed by atoms with van der Waals surface area (Å²) in [7, 11) is 0. The van der Waals surface area contributed by atoms with Crippen molar-refractivity contribution in [1.29, 1.82) is 0 Å². The van der Waals surface area contributed by atoms with Crippen LogP contribution in [0.3, 0.4) is 0 Å². The first-order valence-electron chi connectivity index (χ1n) is 7.50. The zero-order valence-corrected chi connectivity index (χ0v) is 13.7. The summed E-state index contributed by atoms with van der Waals surface area (Å²) in [5, 5.41) is 5.82. The van der Waals surface area contributed by atoms with Crippen LogP contribution in [0.25, 0.3) is 0 Å². The summed E-state index contributed by atoms with van der Waals surface area (Å²) in [5.41, 5.74) is 0.0892. The third-order valence-corrected chi connectivity index (χ3v) is 4.93. The predicted molar refractivity (Wildman–Crippen MR) is 88.3 cm³/mol. The summed E-state index contributed by atoms with van der Waals surface area (Å²) in [5.74, 6) is 0.828. The number of carbonyl (C=O) groups excluding carboxylic acids is 1. The van der Waals surface area contributed by atoms with Gasteiger partial charge in [0.25, 0.3) is 5.91 Å². The monoisotopic (exact) mass is 316 g/mol. The number of carbonyl (C=O) groups is 1. The topological polar surface area (TPSA) is 58.1 Å². The van der Waals surface area contributed by atoms with Crippen LogP contribution in [0.15, 0.2) is 29.9 Å². The van der Waals surface area contributed by atoms with Gasteiger partial charge in [-0.15, -0.1) is 11.3 Å². The molecule has 0 unspecified atom stereocenters. The average Bonchev–Trinajstić information content (AvgIpc) is 3.20. The molecule has 1 saturated heterocycles. The maximum Gasteiger partial charge on any atom is 0.253 e. The Labute approximate surface area is 134 Å². The van der Waals surface area contributed by atoms with Crippen LogP contribution in [0.5, 0.6) is 0 Å². The van der Waals surface area contributed by atoms with E-state index in [9.17, 15) is 4.79 Å². The number of hydrogen-bond donors (Lipinski definition) is 1. The first kappa shape index (κ1) is 15.0. The van der Waals surface area contributed by atoms with Gasteiger partial charge in [-0.25, -0.2) is 9.97 Å². The molecule has 1 amide bonds. The normalized spacial score (nSPS) is 15.1. The van der Waals surface area contributed by atoms with Gasteiger partial charge in [-0.05, 0) is 38.8 Å². The fourth-order valence-corrected chi connectivity index (χ4v) is 3.31. The van der Waals surface area contributed by atoms with Crippen LogP contribution < -0.4 is 10.2 Å². The maximum absolute atomic E-state index is 12.4. The van der Waals surface area contributed by atoms with Crippen molar-refractivity contribution in [2.45, 2.75) is 32.2 Å². The van der Waals surface area contributed by atoms with E-state index in [0.717, 1.165) is 23.9 Å². The van der Waals surface area contributed by atoms with E-state index < -0.39 is 5.54 Å². The van der Waals surface area contributed by atoms with Crippen molar-refractivity contribution in [3.8, 4) is 0 Å². The molecule has 1 N–H and O–H groups in total. The third kappa shape index (κ3) is 3.11. The van der Waals surface area contributed by atoms with Crippen molar-refractivity contribution < 1.29 is 4.79 Å². The molecule has 0 aromatic carbocycles. The second kappa shape index (κ2) is 6.04. The number of amides is 1. The Bertz CT molecular complexity index is 631. The van der Waals surface area contributed by atoms with Crippen LogP contribution in [0.2, 0.25) is 0 Å². The summed E-state index contributed by atoms with van der Waals surface area (Å²) in [4.78, 5) is 23.4. The molecule has 3 heterocycles. The zero-order chi connectivity index (χ0) is 15.6. The van der Waals surface area contributed by atoms with Gasteiger partial charge in [0.15, 0.2) is 0 Å². The molecular weight excluding hydrogens is 296 g/mol. The Balaban J connectivity index is 1.69. The van der Waals surface area contributed by atoms with Gasteiger partial charge in [0.05, 0.1) is 11.1 Å². The van der Waals surface area contributed by atoms with Crippen molar-refractivity contribution in [3.63, 3.8) is 0 Å². The Morgan fingerprint density at radius 3 is 2.64 bits per heavy atom. The van der Waals surface area contributed by atoms with Crippen molar-refractivity contribution >= 4 is 23.1 Å². The molecule has 1 aliphatic rings. The smallest absolute Gasteiger partial charge is 0.253 e. The van der Waals surface area contributed by atoms with E-state index in [2.05, 4.69) is 20.2 Å². The molecule has 116 valence electrons. The number of aromatic nitrogens is 2. The molecule has 22 heavy (non-hydrogen) atoms. The molecule has 1 fully saturated rings. The summed E-state index contributed by atoms with van der Waals surface area (Å²) in [6, 6.07) is 3.77. The maximum atomic E-state index is 12.4. The van der Waals surface area contributed by atoms with Crippen LogP contribution in [0.1, 0.15) is 42.1 Å². The van der Waals surface area contributed by atoms with Gasteiger partial charge in [0.1, 0.15) is 10.8 Å². The van der Waals surface area contributed by atoms with E-state index in [1.165, 1.54) is 24.2 Å². The van der Waals surface area contributed by atoms with Gasteiger partial charge in [0.2, 0.25) is 0 Å². The van der Waals surface area contributed by atoms with Gasteiger partial charge in [-0.3, -0.25) is 4.79 Å². The van der Waals surface area contributed by atoms with E-state index in [1.807, 2.05) is 31.4 Å². The van der Waals surface area contributed by atoms with Crippen molar-refractivity contribution in [1.82, 2.24) is 15.3 Å². The molecule has 0 aliphatic carbocycles. The van der Waals surface area contributed by atoms with E-state index in [-0.39, 0.29) is 5.91 Å². The van der Waals surface area contributed by atoms with E-state index in [0.29, 0.717) is 5.56 Å². The second-order valence-corrected chi connectivity index (χ2v) is 6.91. The van der Waals surface area contributed by atoms with E-state index in [1.54, 1.807) is 12.4 Å². The summed E-state index contributed by atoms with van der Waals surface area (Å²) in [6.07, 6.45) is 5.83. The van der Waals surface area contributed by atoms with Crippen molar-refractivity contribution in [3.05, 3.63) is 40.5 Å². The predicted octanol–water partition coefficient (Wildman–Crippen LogP) is 2.80. The van der Waals surface area contributed by atoms with Crippen LogP contribution >= 0.6 is 11.3 Å². The lowest BCUT2D eigenvalue weighted by molar-refractivity contribution is 0.0911. The molecule has 6 heteroatoms. The van der Waals surface area contributed by atoms with E-state index >= 15 is 0 Å². The largest absolute Gasteiger partial charge is 0.357 e. The minimum Gasteiger partial charge on any atom is -0.357 e. The minimum absolute atomic E-state index is 0.124.